The normalized spacial score (nSPS) is 10.1. The van der Waals surface area contributed by atoms with Gasteiger partial charge in [-0.25, -0.2) is 0 Å². The smallest absolute Gasteiger partial charge is 0.256 e. The quantitative estimate of drug-likeness (QED) is 0.925. The molecule has 2 aromatic rings. The van der Waals surface area contributed by atoms with Crippen LogP contribution in [0.2, 0.25) is 5.02 Å². The first-order chi connectivity index (χ1) is 7.65. The van der Waals surface area contributed by atoms with E-state index in [2.05, 4.69) is 30.9 Å². The van der Waals surface area contributed by atoms with E-state index in [9.17, 15) is 4.79 Å². The summed E-state index contributed by atoms with van der Waals surface area (Å²) in [6.07, 6.45) is 1.38. The van der Waals surface area contributed by atoms with Gasteiger partial charge in [0.1, 0.15) is 6.26 Å². The minimum Gasteiger partial charge on any atom is -0.363 e. The lowest BCUT2D eigenvalue weighted by Crippen LogP contribution is -2.12. The van der Waals surface area contributed by atoms with Crippen LogP contribution >= 0.6 is 27.5 Å². The van der Waals surface area contributed by atoms with Crippen molar-refractivity contribution in [3.8, 4) is 0 Å². The zero-order valence-corrected chi connectivity index (χ0v) is 10.2. The summed E-state index contributed by atoms with van der Waals surface area (Å²) in [5.41, 5.74) is 0.447. The molecular weight excluding hydrogens is 295 g/mol. The molecule has 0 unspecified atom stereocenters. The third-order valence-electron chi connectivity index (χ3n) is 1.80. The molecule has 0 aliphatic carbocycles. The molecule has 0 aliphatic heterocycles. The highest BCUT2D eigenvalue weighted by Crippen LogP contribution is 2.20. The number of amides is 1. The van der Waals surface area contributed by atoms with Crippen molar-refractivity contribution < 1.29 is 9.32 Å². The molecular formula is C10H6BrClN2O2. The number of aromatic nitrogens is 1. The van der Waals surface area contributed by atoms with E-state index in [1.54, 1.807) is 24.3 Å². The Labute approximate surface area is 105 Å². The van der Waals surface area contributed by atoms with Crippen LogP contribution in [0.1, 0.15) is 10.4 Å². The fourth-order valence-electron chi connectivity index (χ4n) is 1.15. The maximum atomic E-state index is 11.7. The molecule has 2 rings (SSSR count). The van der Waals surface area contributed by atoms with Crippen LogP contribution in [0.3, 0.4) is 0 Å². The second kappa shape index (κ2) is 4.67. The summed E-state index contributed by atoms with van der Waals surface area (Å²) in [5, 5.41) is 6.63. The molecule has 1 aromatic heterocycles. The van der Waals surface area contributed by atoms with E-state index >= 15 is 0 Å². The summed E-state index contributed by atoms with van der Waals surface area (Å²) in [6.45, 7) is 0. The Kier molecular flexibility index (Phi) is 3.26. The number of benzene rings is 1. The highest BCUT2D eigenvalue weighted by molar-refractivity contribution is 9.10. The molecule has 0 aliphatic rings. The second-order valence-corrected chi connectivity index (χ2v) is 4.35. The van der Waals surface area contributed by atoms with Crippen LogP contribution in [0.15, 0.2) is 39.5 Å². The lowest BCUT2D eigenvalue weighted by Gasteiger charge is -2.02. The lowest BCUT2D eigenvalue weighted by atomic mass is 10.2. The van der Waals surface area contributed by atoms with Crippen molar-refractivity contribution in [3.63, 3.8) is 0 Å². The van der Waals surface area contributed by atoms with E-state index in [1.165, 1.54) is 6.26 Å². The van der Waals surface area contributed by atoms with Crippen LogP contribution in [0, 0.1) is 0 Å². The van der Waals surface area contributed by atoms with Gasteiger partial charge in [0.2, 0.25) is 0 Å². The van der Waals surface area contributed by atoms with Crippen LogP contribution in [0.25, 0.3) is 0 Å². The molecule has 82 valence electrons. The molecule has 1 heterocycles. The van der Waals surface area contributed by atoms with Gasteiger partial charge in [0.25, 0.3) is 5.91 Å². The zero-order valence-electron chi connectivity index (χ0n) is 7.91. The van der Waals surface area contributed by atoms with Gasteiger partial charge in [0.15, 0.2) is 5.82 Å². The zero-order chi connectivity index (χ0) is 11.5. The SMILES string of the molecule is O=C(Nc1ccon1)c1cc(Cl)cc(Br)c1. The largest absolute Gasteiger partial charge is 0.363 e. The van der Waals surface area contributed by atoms with Gasteiger partial charge in [0.05, 0.1) is 0 Å². The highest BCUT2D eigenvalue weighted by Gasteiger charge is 2.09. The molecule has 6 heteroatoms. The van der Waals surface area contributed by atoms with E-state index in [0.29, 0.717) is 16.4 Å². The molecule has 0 fully saturated rings. The van der Waals surface area contributed by atoms with E-state index in [4.69, 9.17) is 11.6 Å². The molecule has 0 saturated carbocycles. The molecule has 16 heavy (non-hydrogen) atoms. The van der Waals surface area contributed by atoms with Crippen LogP contribution in [-0.2, 0) is 0 Å². The van der Waals surface area contributed by atoms with Gasteiger partial charge in [-0.05, 0) is 18.2 Å². The number of carbonyl (C=O) groups excluding carboxylic acids is 1. The van der Waals surface area contributed by atoms with Crippen molar-refractivity contribution >= 4 is 39.3 Å². The van der Waals surface area contributed by atoms with Gasteiger partial charge in [-0.15, -0.1) is 0 Å². The summed E-state index contributed by atoms with van der Waals surface area (Å²) in [7, 11) is 0. The highest BCUT2D eigenvalue weighted by atomic mass is 79.9. The molecule has 1 aromatic carbocycles. The van der Waals surface area contributed by atoms with E-state index < -0.39 is 0 Å². The number of anilines is 1. The number of hydrogen-bond donors (Lipinski definition) is 1. The number of halogens is 2. The van der Waals surface area contributed by atoms with Gasteiger partial charge in [-0.3, -0.25) is 4.79 Å². The fourth-order valence-corrected chi connectivity index (χ4v) is 2.01. The van der Waals surface area contributed by atoms with Crippen LogP contribution in [0.4, 0.5) is 5.82 Å². The maximum Gasteiger partial charge on any atom is 0.256 e. The Morgan fingerprint density at radius 1 is 1.44 bits per heavy atom. The fraction of sp³-hybridized carbons (Fsp3) is 0. The van der Waals surface area contributed by atoms with Crippen molar-refractivity contribution in [1.29, 1.82) is 0 Å². The Morgan fingerprint density at radius 3 is 2.88 bits per heavy atom. The first kappa shape index (κ1) is 11.2. The average molecular weight is 302 g/mol. The topological polar surface area (TPSA) is 55.1 Å². The summed E-state index contributed by atoms with van der Waals surface area (Å²) < 4.78 is 5.34. The molecule has 0 spiro atoms. The van der Waals surface area contributed by atoms with Crippen molar-refractivity contribution in [2.45, 2.75) is 0 Å². The predicted molar refractivity (Wildman–Crippen MR) is 63.6 cm³/mol. The Bertz CT molecular complexity index is 493. The first-order valence-electron chi connectivity index (χ1n) is 4.33. The number of hydrogen-bond acceptors (Lipinski definition) is 3. The first-order valence-corrected chi connectivity index (χ1v) is 5.50. The molecule has 0 radical (unpaired) electrons. The number of nitrogens with zero attached hydrogens (tertiary/aromatic N) is 1. The number of carbonyl (C=O) groups is 1. The Morgan fingerprint density at radius 2 is 2.25 bits per heavy atom. The summed E-state index contributed by atoms with van der Waals surface area (Å²) in [6, 6.07) is 6.49. The average Bonchev–Trinajstić information content (AvgIpc) is 2.68. The van der Waals surface area contributed by atoms with Crippen molar-refractivity contribution in [1.82, 2.24) is 5.16 Å². The van der Waals surface area contributed by atoms with Crippen molar-refractivity contribution in [2.24, 2.45) is 0 Å². The molecule has 0 saturated heterocycles. The van der Waals surface area contributed by atoms with Crippen LogP contribution < -0.4 is 5.32 Å². The van der Waals surface area contributed by atoms with Gasteiger partial charge < -0.3 is 9.84 Å². The molecule has 0 atom stereocenters. The van der Waals surface area contributed by atoms with Gasteiger partial charge >= 0.3 is 0 Å². The van der Waals surface area contributed by atoms with Crippen LogP contribution in [0.5, 0.6) is 0 Å². The summed E-state index contributed by atoms with van der Waals surface area (Å²) in [5.74, 6) is 0.0678. The minimum absolute atomic E-state index is 0.294. The number of rotatable bonds is 2. The lowest BCUT2D eigenvalue weighted by molar-refractivity contribution is 0.102. The maximum absolute atomic E-state index is 11.7. The third-order valence-corrected chi connectivity index (χ3v) is 2.48. The van der Waals surface area contributed by atoms with Gasteiger partial charge in [-0.2, -0.15) is 0 Å². The standard InChI is InChI=1S/C10H6BrClN2O2/c11-7-3-6(4-8(12)5-7)10(15)13-9-1-2-16-14-9/h1-5H,(H,13,14,15). The molecule has 0 bridgehead atoms. The number of nitrogens with one attached hydrogen (secondary N) is 1. The van der Waals surface area contributed by atoms with Crippen LogP contribution in [-0.4, -0.2) is 11.1 Å². The molecule has 1 N–H and O–H groups in total. The minimum atomic E-state index is -0.294. The van der Waals surface area contributed by atoms with Crippen molar-refractivity contribution in [2.75, 3.05) is 5.32 Å². The second-order valence-electron chi connectivity index (χ2n) is 3.00. The van der Waals surface area contributed by atoms with E-state index in [0.717, 1.165) is 4.47 Å². The molecule has 4 nitrogen and oxygen atoms in total. The summed E-state index contributed by atoms with van der Waals surface area (Å²) >= 11 is 9.09. The van der Waals surface area contributed by atoms with E-state index in [1.807, 2.05) is 0 Å². The Balaban J connectivity index is 2.21. The summed E-state index contributed by atoms with van der Waals surface area (Å²) in [4.78, 5) is 11.7. The monoisotopic (exact) mass is 300 g/mol. The van der Waals surface area contributed by atoms with Crippen molar-refractivity contribution in [3.05, 3.63) is 45.6 Å². The molecule has 1 amide bonds. The Hall–Kier alpha value is -1.33. The third kappa shape index (κ3) is 2.62. The van der Waals surface area contributed by atoms with E-state index in [-0.39, 0.29) is 5.91 Å². The van der Waals surface area contributed by atoms with Gasteiger partial charge in [-0.1, -0.05) is 32.7 Å². The predicted octanol–water partition coefficient (Wildman–Crippen LogP) is 3.34. The van der Waals surface area contributed by atoms with Gasteiger partial charge in [0, 0.05) is 21.1 Å².